The predicted molar refractivity (Wildman–Crippen MR) is 62.0 cm³/mol. The number of carboxylic acid groups (broad SMARTS) is 1. The summed E-state index contributed by atoms with van der Waals surface area (Å²) >= 11 is 0. The average molecular weight is 258 g/mol. The van der Waals surface area contributed by atoms with Crippen molar-refractivity contribution in [1.82, 2.24) is 0 Å². The Balaban J connectivity index is 2.98. The van der Waals surface area contributed by atoms with Gasteiger partial charge in [0, 0.05) is 5.57 Å². The fraction of sp³-hybridized carbons (Fsp3) is 0.308. The summed E-state index contributed by atoms with van der Waals surface area (Å²) in [5.41, 5.74) is -0.0990. The van der Waals surface area contributed by atoms with E-state index in [4.69, 9.17) is 5.11 Å². The summed E-state index contributed by atoms with van der Waals surface area (Å²) in [6, 6.07) is 4.41. The molecule has 5 heteroatoms. The van der Waals surface area contributed by atoms with Crippen LogP contribution in [-0.4, -0.2) is 11.1 Å². The molecule has 0 saturated heterocycles. The summed E-state index contributed by atoms with van der Waals surface area (Å²) in [4.78, 5) is 10.9. The van der Waals surface area contributed by atoms with Gasteiger partial charge >= 0.3 is 12.1 Å². The van der Waals surface area contributed by atoms with Crippen molar-refractivity contribution in [2.75, 3.05) is 0 Å². The van der Waals surface area contributed by atoms with Crippen molar-refractivity contribution < 1.29 is 23.1 Å². The van der Waals surface area contributed by atoms with Gasteiger partial charge in [0.25, 0.3) is 0 Å². The maximum absolute atomic E-state index is 12.3. The second-order valence-electron chi connectivity index (χ2n) is 3.84. The number of carbonyl (C=O) groups is 1. The fourth-order valence-corrected chi connectivity index (χ4v) is 1.48. The highest BCUT2D eigenvalue weighted by atomic mass is 19.4. The van der Waals surface area contributed by atoms with Crippen molar-refractivity contribution in [3.05, 3.63) is 41.0 Å². The van der Waals surface area contributed by atoms with Gasteiger partial charge in [-0.15, -0.1) is 0 Å². The summed E-state index contributed by atoms with van der Waals surface area (Å²) in [5.74, 6) is -1.04. The Kier molecular flexibility index (Phi) is 4.53. The molecule has 0 saturated carbocycles. The molecular weight excluding hydrogens is 245 g/mol. The summed E-state index contributed by atoms with van der Waals surface area (Å²) in [6.45, 7) is 1.84. The van der Waals surface area contributed by atoms with Gasteiger partial charge in [-0.2, -0.15) is 13.2 Å². The number of halogens is 3. The van der Waals surface area contributed by atoms with Crippen molar-refractivity contribution in [3.8, 4) is 0 Å². The number of aliphatic carboxylic acids is 1. The van der Waals surface area contributed by atoms with Crippen LogP contribution < -0.4 is 0 Å². The summed E-state index contributed by atoms with van der Waals surface area (Å²) in [5, 5.41) is 8.90. The van der Waals surface area contributed by atoms with Crippen molar-refractivity contribution in [2.24, 2.45) is 0 Å². The molecular formula is C13H13F3O2. The Hall–Kier alpha value is -1.78. The van der Waals surface area contributed by atoms with Crippen LogP contribution in [0.4, 0.5) is 13.2 Å². The van der Waals surface area contributed by atoms with Gasteiger partial charge in [-0.3, -0.25) is 0 Å². The normalized spacial score (nSPS) is 12.6. The van der Waals surface area contributed by atoms with Gasteiger partial charge in [0.1, 0.15) is 0 Å². The zero-order valence-corrected chi connectivity index (χ0v) is 9.79. The molecule has 0 aliphatic heterocycles. The third-order valence-corrected chi connectivity index (χ3v) is 2.37. The maximum Gasteiger partial charge on any atom is 0.416 e. The van der Waals surface area contributed by atoms with E-state index < -0.39 is 17.7 Å². The van der Waals surface area contributed by atoms with Crippen LogP contribution in [0.15, 0.2) is 29.8 Å². The van der Waals surface area contributed by atoms with Crippen LogP contribution in [0.2, 0.25) is 0 Å². The SMILES string of the molecule is CCCC(=Cc1ccc(C(F)(F)F)cc1)C(=O)O. The van der Waals surface area contributed by atoms with Gasteiger partial charge in [0.2, 0.25) is 0 Å². The van der Waals surface area contributed by atoms with Crippen molar-refractivity contribution in [3.63, 3.8) is 0 Å². The second kappa shape index (κ2) is 5.71. The number of hydrogen-bond donors (Lipinski definition) is 1. The minimum Gasteiger partial charge on any atom is -0.478 e. The minimum absolute atomic E-state index is 0.192. The molecule has 18 heavy (non-hydrogen) atoms. The Labute approximate surface area is 103 Å². The zero-order valence-electron chi connectivity index (χ0n) is 9.79. The molecule has 0 atom stereocenters. The number of benzene rings is 1. The van der Waals surface area contributed by atoms with Crippen LogP contribution in [0.1, 0.15) is 30.9 Å². The Morgan fingerprint density at radius 2 is 1.83 bits per heavy atom. The molecule has 0 aliphatic carbocycles. The quantitative estimate of drug-likeness (QED) is 0.829. The van der Waals surface area contributed by atoms with Gasteiger partial charge in [-0.05, 0) is 30.2 Å². The molecule has 1 aromatic rings. The monoisotopic (exact) mass is 258 g/mol. The fourth-order valence-electron chi connectivity index (χ4n) is 1.48. The lowest BCUT2D eigenvalue weighted by molar-refractivity contribution is -0.137. The lowest BCUT2D eigenvalue weighted by Gasteiger charge is -2.06. The number of rotatable bonds is 4. The third kappa shape index (κ3) is 3.91. The highest BCUT2D eigenvalue weighted by molar-refractivity contribution is 5.92. The van der Waals surface area contributed by atoms with E-state index >= 15 is 0 Å². The molecule has 0 heterocycles. The van der Waals surface area contributed by atoms with Crippen LogP contribution >= 0.6 is 0 Å². The molecule has 2 nitrogen and oxygen atoms in total. The highest BCUT2D eigenvalue weighted by Gasteiger charge is 2.29. The lowest BCUT2D eigenvalue weighted by atomic mass is 10.1. The van der Waals surface area contributed by atoms with E-state index in [2.05, 4.69) is 0 Å². The predicted octanol–water partition coefficient (Wildman–Crippen LogP) is 3.97. The second-order valence-corrected chi connectivity index (χ2v) is 3.84. The maximum atomic E-state index is 12.3. The summed E-state index contributed by atoms with van der Waals surface area (Å²) < 4.78 is 37.0. The molecule has 1 N–H and O–H groups in total. The molecule has 1 rings (SSSR count). The summed E-state index contributed by atoms with van der Waals surface area (Å²) in [6.07, 6.45) is -1.93. The largest absolute Gasteiger partial charge is 0.478 e. The highest BCUT2D eigenvalue weighted by Crippen LogP contribution is 2.29. The molecule has 98 valence electrons. The number of alkyl halides is 3. The van der Waals surface area contributed by atoms with Gasteiger partial charge < -0.3 is 5.11 Å². The van der Waals surface area contributed by atoms with Gasteiger partial charge in [0.15, 0.2) is 0 Å². The van der Waals surface area contributed by atoms with Crippen LogP contribution in [0, 0.1) is 0 Å². The van der Waals surface area contributed by atoms with Crippen LogP contribution in [0.3, 0.4) is 0 Å². The first-order chi connectivity index (χ1) is 8.34. The molecule has 0 aliphatic rings. The molecule has 0 aromatic heterocycles. The Bertz CT molecular complexity index is 444. The van der Waals surface area contributed by atoms with E-state index in [0.29, 0.717) is 18.4 Å². The number of hydrogen-bond acceptors (Lipinski definition) is 1. The van der Waals surface area contributed by atoms with Crippen LogP contribution in [0.25, 0.3) is 6.08 Å². The van der Waals surface area contributed by atoms with Gasteiger partial charge in [-0.1, -0.05) is 25.5 Å². The first-order valence-electron chi connectivity index (χ1n) is 5.45. The van der Waals surface area contributed by atoms with Crippen molar-refractivity contribution in [1.29, 1.82) is 0 Å². The van der Waals surface area contributed by atoms with Gasteiger partial charge in [-0.25, -0.2) is 4.79 Å². The smallest absolute Gasteiger partial charge is 0.416 e. The van der Waals surface area contributed by atoms with E-state index in [0.717, 1.165) is 12.1 Å². The number of carboxylic acids is 1. The first-order valence-corrected chi connectivity index (χ1v) is 5.45. The van der Waals surface area contributed by atoms with E-state index in [-0.39, 0.29) is 5.57 Å². The molecule has 0 amide bonds. The van der Waals surface area contributed by atoms with E-state index in [1.165, 1.54) is 18.2 Å². The van der Waals surface area contributed by atoms with Crippen LogP contribution in [0.5, 0.6) is 0 Å². The first kappa shape index (κ1) is 14.3. The van der Waals surface area contributed by atoms with E-state index in [9.17, 15) is 18.0 Å². The Morgan fingerprint density at radius 3 is 2.22 bits per heavy atom. The van der Waals surface area contributed by atoms with Crippen molar-refractivity contribution in [2.45, 2.75) is 25.9 Å². The van der Waals surface area contributed by atoms with Crippen LogP contribution in [-0.2, 0) is 11.0 Å². The van der Waals surface area contributed by atoms with Gasteiger partial charge in [0.05, 0.1) is 5.56 Å². The standard InChI is InChI=1S/C13H13F3O2/c1-2-3-10(12(17)18)8-9-4-6-11(7-5-9)13(14,15)16/h4-8H,2-3H2,1H3,(H,17,18). The molecule has 0 spiro atoms. The Morgan fingerprint density at radius 1 is 1.28 bits per heavy atom. The average Bonchev–Trinajstić information content (AvgIpc) is 2.28. The minimum atomic E-state index is -4.37. The van der Waals surface area contributed by atoms with Crippen molar-refractivity contribution >= 4 is 12.0 Å². The van der Waals surface area contributed by atoms with E-state index in [1.54, 1.807) is 0 Å². The lowest BCUT2D eigenvalue weighted by Crippen LogP contribution is -2.04. The molecule has 1 aromatic carbocycles. The molecule has 0 unspecified atom stereocenters. The van der Waals surface area contributed by atoms with E-state index in [1.807, 2.05) is 6.92 Å². The zero-order chi connectivity index (χ0) is 13.8. The molecule has 0 bridgehead atoms. The third-order valence-electron chi connectivity index (χ3n) is 2.37. The summed E-state index contributed by atoms with van der Waals surface area (Å²) in [7, 11) is 0. The molecule has 0 radical (unpaired) electrons. The topological polar surface area (TPSA) is 37.3 Å². The molecule has 0 fully saturated rings.